The molecule has 11 heteroatoms. The molecule has 1 aliphatic rings. The van der Waals surface area contributed by atoms with Crippen LogP contribution in [-0.2, 0) is 16.7 Å². The van der Waals surface area contributed by atoms with Gasteiger partial charge in [0.25, 0.3) is 5.56 Å². The highest BCUT2D eigenvalue weighted by Gasteiger charge is 2.30. The Balaban J connectivity index is 1.48. The van der Waals surface area contributed by atoms with E-state index in [1.54, 1.807) is 36.4 Å². The van der Waals surface area contributed by atoms with E-state index in [0.717, 1.165) is 0 Å². The molecule has 1 aliphatic heterocycles. The predicted octanol–water partition coefficient (Wildman–Crippen LogP) is 2.06. The number of sulfonamides is 1. The fourth-order valence-electron chi connectivity index (χ4n) is 3.24. The molecule has 0 radical (unpaired) electrons. The molecule has 1 aromatic heterocycles. The summed E-state index contributed by atoms with van der Waals surface area (Å²) in [4.78, 5) is 14.5. The van der Waals surface area contributed by atoms with Crippen molar-refractivity contribution in [3.63, 3.8) is 0 Å². The first-order chi connectivity index (χ1) is 13.9. The largest absolute Gasteiger partial charge is 0.282 e. The van der Waals surface area contributed by atoms with Crippen LogP contribution in [0.4, 0.5) is 0 Å². The van der Waals surface area contributed by atoms with Crippen molar-refractivity contribution in [1.29, 1.82) is 0 Å². The third-order valence-electron chi connectivity index (χ3n) is 4.83. The van der Waals surface area contributed by atoms with E-state index in [9.17, 15) is 13.2 Å². The number of halogens is 2. The minimum absolute atomic E-state index is 0.00303. The zero-order chi connectivity index (χ0) is 20.6. The standard InChI is InChI=1S/C18H17Cl2N5O3S/c19-14-5-3-7-16(17(14)20)29(27,28)24-10-8-23(9-11-24)12-25-18(26)13-4-1-2-6-15(13)21-22-25/h1-7H,8-12H2. The van der Waals surface area contributed by atoms with Gasteiger partial charge in [-0.15, -0.1) is 5.10 Å². The number of nitrogens with zero attached hydrogens (tertiary/aromatic N) is 5. The first-order valence-corrected chi connectivity index (χ1v) is 11.1. The minimum Gasteiger partial charge on any atom is -0.282 e. The number of hydrogen-bond acceptors (Lipinski definition) is 6. The van der Waals surface area contributed by atoms with Crippen LogP contribution in [-0.4, -0.2) is 58.8 Å². The molecule has 29 heavy (non-hydrogen) atoms. The van der Waals surface area contributed by atoms with Crippen molar-refractivity contribution >= 4 is 44.1 Å². The third-order valence-corrected chi connectivity index (χ3v) is 7.70. The molecule has 0 atom stereocenters. The van der Waals surface area contributed by atoms with E-state index in [1.807, 2.05) is 4.90 Å². The molecule has 1 saturated heterocycles. The summed E-state index contributed by atoms with van der Waals surface area (Å²) < 4.78 is 28.5. The van der Waals surface area contributed by atoms with Crippen LogP contribution in [0.3, 0.4) is 0 Å². The molecule has 152 valence electrons. The van der Waals surface area contributed by atoms with Crippen LogP contribution < -0.4 is 5.56 Å². The Bertz CT molecular complexity index is 1220. The molecule has 0 N–H and O–H groups in total. The highest BCUT2D eigenvalue weighted by Crippen LogP contribution is 2.31. The molecular formula is C18H17Cl2N5O3S. The number of hydrogen-bond donors (Lipinski definition) is 0. The summed E-state index contributed by atoms with van der Waals surface area (Å²) in [6, 6.07) is 11.6. The predicted molar refractivity (Wildman–Crippen MR) is 111 cm³/mol. The van der Waals surface area contributed by atoms with Crippen molar-refractivity contribution in [2.24, 2.45) is 0 Å². The topological polar surface area (TPSA) is 88.4 Å². The van der Waals surface area contributed by atoms with Gasteiger partial charge >= 0.3 is 0 Å². The van der Waals surface area contributed by atoms with Crippen LogP contribution in [0.25, 0.3) is 10.9 Å². The molecule has 2 heterocycles. The number of rotatable bonds is 4. The van der Waals surface area contributed by atoms with Crippen molar-refractivity contribution in [2.45, 2.75) is 11.6 Å². The highest BCUT2D eigenvalue weighted by molar-refractivity contribution is 7.89. The van der Waals surface area contributed by atoms with E-state index in [0.29, 0.717) is 24.0 Å². The fourth-order valence-corrected chi connectivity index (χ4v) is 5.40. The smallest absolute Gasteiger partial charge is 0.278 e. The maximum Gasteiger partial charge on any atom is 0.278 e. The van der Waals surface area contributed by atoms with Crippen molar-refractivity contribution in [3.8, 4) is 0 Å². The molecular weight excluding hydrogens is 437 g/mol. The number of aromatic nitrogens is 3. The Labute approximate surface area is 177 Å². The lowest BCUT2D eigenvalue weighted by Crippen LogP contribution is -2.49. The van der Waals surface area contributed by atoms with Crippen molar-refractivity contribution in [2.75, 3.05) is 26.2 Å². The molecule has 2 aromatic carbocycles. The summed E-state index contributed by atoms with van der Waals surface area (Å²) in [5, 5.41) is 8.78. The van der Waals surface area contributed by atoms with Crippen molar-refractivity contribution in [3.05, 3.63) is 62.9 Å². The lowest BCUT2D eigenvalue weighted by Gasteiger charge is -2.33. The summed E-state index contributed by atoms with van der Waals surface area (Å²) in [7, 11) is -3.75. The van der Waals surface area contributed by atoms with Crippen LogP contribution in [0.1, 0.15) is 0 Å². The maximum atomic E-state index is 12.9. The van der Waals surface area contributed by atoms with Gasteiger partial charge in [-0.3, -0.25) is 9.69 Å². The SMILES string of the molecule is O=c1c2ccccc2nnn1CN1CCN(S(=O)(=O)c2cccc(Cl)c2Cl)CC1. The van der Waals surface area contributed by atoms with E-state index >= 15 is 0 Å². The zero-order valence-corrected chi connectivity index (χ0v) is 17.5. The monoisotopic (exact) mass is 453 g/mol. The van der Waals surface area contributed by atoms with Gasteiger partial charge in [-0.1, -0.05) is 46.6 Å². The molecule has 0 aliphatic carbocycles. The van der Waals surface area contributed by atoms with Gasteiger partial charge in [0.15, 0.2) is 0 Å². The lowest BCUT2D eigenvalue weighted by atomic mass is 10.2. The second-order valence-corrected chi connectivity index (χ2v) is 9.32. The highest BCUT2D eigenvalue weighted by atomic mass is 35.5. The molecule has 0 spiro atoms. The summed E-state index contributed by atoms with van der Waals surface area (Å²) in [5.74, 6) is 0. The normalized spacial score (nSPS) is 16.3. The molecule has 3 aromatic rings. The Hall–Kier alpha value is -2.04. The van der Waals surface area contributed by atoms with Crippen molar-refractivity contribution in [1.82, 2.24) is 24.2 Å². The van der Waals surface area contributed by atoms with E-state index in [2.05, 4.69) is 10.3 Å². The van der Waals surface area contributed by atoms with E-state index in [1.165, 1.54) is 15.1 Å². The Morgan fingerprint density at radius 1 is 0.966 bits per heavy atom. The van der Waals surface area contributed by atoms with Gasteiger partial charge in [0.1, 0.15) is 10.4 Å². The summed E-state index contributed by atoms with van der Waals surface area (Å²) in [6.07, 6.45) is 0. The number of benzene rings is 2. The third kappa shape index (κ3) is 3.88. The second-order valence-electron chi connectivity index (χ2n) is 6.63. The Morgan fingerprint density at radius 2 is 1.69 bits per heavy atom. The van der Waals surface area contributed by atoms with Crippen molar-refractivity contribution < 1.29 is 8.42 Å². The first kappa shape index (κ1) is 20.2. The number of piperazine rings is 1. The van der Waals surface area contributed by atoms with E-state index in [-0.39, 0.29) is 40.3 Å². The van der Waals surface area contributed by atoms with Gasteiger partial charge in [-0.25, -0.2) is 8.42 Å². The van der Waals surface area contributed by atoms with Crippen LogP contribution >= 0.6 is 23.2 Å². The van der Waals surface area contributed by atoms with Gasteiger partial charge in [-0.05, 0) is 24.3 Å². The van der Waals surface area contributed by atoms with Crippen LogP contribution in [0, 0.1) is 0 Å². The quantitative estimate of drug-likeness (QED) is 0.600. The van der Waals surface area contributed by atoms with Gasteiger partial charge in [-0.2, -0.15) is 8.99 Å². The zero-order valence-electron chi connectivity index (χ0n) is 15.2. The van der Waals surface area contributed by atoms with Crippen LogP contribution in [0.15, 0.2) is 52.2 Å². The molecule has 1 fully saturated rings. The minimum atomic E-state index is -3.75. The molecule has 0 amide bonds. The van der Waals surface area contributed by atoms with Crippen LogP contribution in [0.2, 0.25) is 10.0 Å². The molecule has 8 nitrogen and oxygen atoms in total. The fraction of sp³-hybridized carbons (Fsp3) is 0.278. The van der Waals surface area contributed by atoms with Gasteiger partial charge in [0.2, 0.25) is 10.0 Å². The Morgan fingerprint density at radius 3 is 2.45 bits per heavy atom. The van der Waals surface area contributed by atoms with Gasteiger partial charge in [0.05, 0.1) is 22.1 Å². The van der Waals surface area contributed by atoms with Crippen LogP contribution in [0.5, 0.6) is 0 Å². The average molecular weight is 454 g/mol. The van der Waals surface area contributed by atoms with Gasteiger partial charge in [0, 0.05) is 26.2 Å². The Kier molecular flexibility index (Phi) is 5.58. The maximum absolute atomic E-state index is 12.9. The second kappa shape index (κ2) is 8.00. The summed E-state index contributed by atoms with van der Waals surface area (Å²) in [5.41, 5.74) is 0.319. The summed E-state index contributed by atoms with van der Waals surface area (Å²) in [6.45, 7) is 1.65. The number of fused-ring (bicyclic) bond motifs is 1. The van der Waals surface area contributed by atoms with E-state index in [4.69, 9.17) is 23.2 Å². The molecule has 0 saturated carbocycles. The van der Waals surface area contributed by atoms with E-state index < -0.39 is 10.0 Å². The van der Waals surface area contributed by atoms with Gasteiger partial charge < -0.3 is 0 Å². The first-order valence-electron chi connectivity index (χ1n) is 8.87. The molecule has 4 rings (SSSR count). The summed E-state index contributed by atoms with van der Waals surface area (Å²) >= 11 is 12.1. The lowest BCUT2D eigenvalue weighted by molar-refractivity contribution is 0.141. The average Bonchev–Trinajstić information content (AvgIpc) is 2.72. The molecule has 0 bridgehead atoms. The molecule has 0 unspecified atom stereocenters.